The van der Waals surface area contributed by atoms with E-state index < -0.39 is 15.2 Å². The highest BCUT2D eigenvalue weighted by Gasteiger charge is 2.12. The first-order valence-electron chi connectivity index (χ1n) is 2.60. The lowest BCUT2D eigenvalue weighted by atomic mass is 10.5. The molecular formula is C5H4FNO3S. The molecule has 0 saturated carbocycles. The molecular weight excluding hydrogens is 173 g/mol. The van der Waals surface area contributed by atoms with E-state index in [4.69, 9.17) is 5.11 Å². The summed E-state index contributed by atoms with van der Waals surface area (Å²) in [5, 5.41) is 7.94. The summed E-state index contributed by atoms with van der Waals surface area (Å²) >= 11 is 0. The van der Waals surface area contributed by atoms with Crippen LogP contribution in [-0.4, -0.2) is 18.5 Å². The third-order valence-corrected chi connectivity index (χ3v) is 1.71. The fourth-order valence-electron chi connectivity index (χ4n) is 0.517. The minimum atomic E-state index is -4.74. The highest BCUT2D eigenvalue weighted by Crippen LogP contribution is 2.11. The third-order valence-electron chi connectivity index (χ3n) is 0.971. The van der Waals surface area contributed by atoms with E-state index in [2.05, 4.69) is 4.98 Å². The molecule has 1 aromatic rings. The van der Waals surface area contributed by atoms with Crippen molar-refractivity contribution in [1.29, 1.82) is 0 Å². The van der Waals surface area contributed by atoms with Crippen LogP contribution in [0.2, 0.25) is 0 Å². The van der Waals surface area contributed by atoms with Crippen molar-refractivity contribution < 1.29 is 17.4 Å². The Morgan fingerprint density at radius 1 is 1.45 bits per heavy atom. The maximum Gasteiger partial charge on any atom is 0.349 e. The smallest absolute Gasteiger partial charge is 0.349 e. The van der Waals surface area contributed by atoms with Crippen molar-refractivity contribution in [3.05, 3.63) is 18.3 Å². The van der Waals surface area contributed by atoms with E-state index in [9.17, 15) is 12.3 Å². The highest BCUT2D eigenvalue weighted by atomic mass is 32.3. The average Bonchev–Trinajstić information content (AvgIpc) is 1.86. The van der Waals surface area contributed by atoms with Gasteiger partial charge in [-0.1, -0.05) is 3.89 Å². The van der Waals surface area contributed by atoms with Crippen LogP contribution in [0, 0.1) is 0 Å². The molecule has 1 N–H and O–H groups in total. The normalized spacial score (nSPS) is 11.4. The number of rotatable bonds is 1. The van der Waals surface area contributed by atoms with Crippen LogP contribution < -0.4 is 0 Å². The van der Waals surface area contributed by atoms with Gasteiger partial charge in [0.25, 0.3) is 0 Å². The first-order chi connectivity index (χ1) is 5.00. The lowest BCUT2D eigenvalue weighted by Crippen LogP contribution is -1.94. The molecule has 0 radical (unpaired) electrons. The van der Waals surface area contributed by atoms with Gasteiger partial charge in [0.2, 0.25) is 0 Å². The lowest BCUT2D eigenvalue weighted by molar-refractivity contribution is 0.471. The maximum atomic E-state index is 12.1. The first-order valence-corrected chi connectivity index (χ1v) is 3.98. The Hall–Kier alpha value is -1.17. The minimum Gasteiger partial charge on any atom is -0.506 e. The van der Waals surface area contributed by atoms with Gasteiger partial charge in [0.05, 0.1) is 6.20 Å². The monoisotopic (exact) mass is 177 g/mol. The number of hydrogen-bond donors (Lipinski definition) is 1. The van der Waals surface area contributed by atoms with Crippen LogP contribution in [0.5, 0.6) is 5.75 Å². The van der Waals surface area contributed by atoms with Gasteiger partial charge in [-0.2, -0.15) is 8.42 Å². The zero-order valence-corrected chi connectivity index (χ0v) is 6.05. The van der Waals surface area contributed by atoms with Gasteiger partial charge in [0.15, 0.2) is 5.03 Å². The van der Waals surface area contributed by atoms with Crippen LogP contribution in [0.3, 0.4) is 0 Å². The van der Waals surface area contributed by atoms with Crippen molar-refractivity contribution in [2.24, 2.45) is 0 Å². The van der Waals surface area contributed by atoms with Gasteiger partial charge in [0, 0.05) is 0 Å². The van der Waals surface area contributed by atoms with Crippen molar-refractivity contribution in [2.45, 2.75) is 5.03 Å². The molecule has 6 heteroatoms. The largest absolute Gasteiger partial charge is 0.506 e. The summed E-state index contributed by atoms with van der Waals surface area (Å²) in [5.74, 6) is -0.211. The van der Waals surface area contributed by atoms with Gasteiger partial charge in [-0.3, -0.25) is 0 Å². The molecule has 0 aliphatic rings. The molecule has 0 aliphatic heterocycles. The number of aromatic hydroxyl groups is 1. The van der Waals surface area contributed by atoms with Crippen molar-refractivity contribution in [3.63, 3.8) is 0 Å². The zero-order chi connectivity index (χ0) is 8.48. The second-order valence-electron chi connectivity index (χ2n) is 1.79. The lowest BCUT2D eigenvalue weighted by Gasteiger charge is -1.92. The summed E-state index contributed by atoms with van der Waals surface area (Å²) in [7, 11) is -4.74. The van der Waals surface area contributed by atoms with E-state index in [0.717, 1.165) is 18.3 Å². The second-order valence-corrected chi connectivity index (χ2v) is 3.09. The zero-order valence-electron chi connectivity index (χ0n) is 5.23. The molecule has 1 aromatic heterocycles. The van der Waals surface area contributed by atoms with E-state index in [-0.39, 0.29) is 5.75 Å². The number of nitrogens with zero attached hydrogens (tertiary/aromatic N) is 1. The standard InChI is InChI=1S/C5H4FNO3S/c6-11(9,10)5-2-1-4(8)3-7-5/h1-3,8H. The Bertz CT molecular complexity index is 344. The molecule has 4 nitrogen and oxygen atoms in total. The molecule has 1 heterocycles. The van der Waals surface area contributed by atoms with Gasteiger partial charge < -0.3 is 5.11 Å². The number of pyridine rings is 1. The summed E-state index contributed by atoms with van der Waals surface area (Å²) in [5.41, 5.74) is 0. The predicted octanol–water partition coefficient (Wildman–Crippen LogP) is 0.445. The van der Waals surface area contributed by atoms with Crippen LogP contribution in [-0.2, 0) is 10.2 Å². The third kappa shape index (κ3) is 1.87. The Kier molecular flexibility index (Phi) is 1.77. The Morgan fingerprint density at radius 2 is 2.09 bits per heavy atom. The van der Waals surface area contributed by atoms with Crippen molar-refractivity contribution >= 4 is 10.2 Å². The number of halogens is 1. The van der Waals surface area contributed by atoms with Crippen LogP contribution >= 0.6 is 0 Å². The SMILES string of the molecule is O=S(=O)(F)c1ccc(O)cn1. The molecule has 0 aliphatic carbocycles. The van der Waals surface area contributed by atoms with E-state index in [1.165, 1.54) is 0 Å². The van der Waals surface area contributed by atoms with E-state index >= 15 is 0 Å². The quantitative estimate of drug-likeness (QED) is 0.632. The molecule has 0 bridgehead atoms. The average molecular weight is 177 g/mol. The van der Waals surface area contributed by atoms with Gasteiger partial charge in [-0.15, -0.1) is 0 Å². The van der Waals surface area contributed by atoms with Crippen molar-refractivity contribution in [3.8, 4) is 5.75 Å². The minimum absolute atomic E-state index is 0.211. The van der Waals surface area contributed by atoms with E-state index in [1.807, 2.05) is 0 Å². The topological polar surface area (TPSA) is 67.3 Å². The molecule has 60 valence electrons. The molecule has 0 saturated heterocycles. The molecule has 0 amide bonds. The Morgan fingerprint density at radius 3 is 2.45 bits per heavy atom. The summed E-state index contributed by atoms with van der Waals surface area (Å²) in [6.07, 6.45) is 0.854. The summed E-state index contributed by atoms with van der Waals surface area (Å²) in [4.78, 5) is 3.14. The molecule has 0 atom stereocenters. The van der Waals surface area contributed by atoms with E-state index in [1.54, 1.807) is 0 Å². The molecule has 0 spiro atoms. The number of aromatic nitrogens is 1. The van der Waals surface area contributed by atoms with Crippen LogP contribution in [0.15, 0.2) is 23.4 Å². The van der Waals surface area contributed by atoms with E-state index in [0.29, 0.717) is 0 Å². The van der Waals surface area contributed by atoms with Gasteiger partial charge >= 0.3 is 10.2 Å². The molecule has 11 heavy (non-hydrogen) atoms. The summed E-state index contributed by atoms with van der Waals surface area (Å²) in [6, 6.07) is 1.92. The highest BCUT2D eigenvalue weighted by molar-refractivity contribution is 7.86. The summed E-state index contributed by atoms with van der Waals surface area (Å²) < 4.78 is 32.3. The van der Waals surface area contributed by atoms with Crippen molar-refractivity contribution in [1.82, 2.24) is 4.98 Å². The predicted molar refractivity (Wildman–Crippen MR) is 34.2 cm³/mol. The maximum absolute atomic E-state index is 12.1. The first kappa shape index (κ1) is 7.93. The Labute approximate surface area is 62.5 Å². The number of hydrogen-bond acceptors (Lipinski definition) is 4. The molecule has 0 aromatic carbocycles. The fraction of sp³-hybridized carbons (Fsp3) is 0. The fourth-order valence-corrected chi connectivity index (χ4v) is 0.926. The second kappa shape index (κ2) is 2.46. The van der Waals surface area contributed by atoms with Gasteiger partial charge in [-0.05, 0) is 12.1 Å². The van der Waals surface area contributed by atoms with Crippen LogP contribution in [0.25, 0.3) is 0 Å². The van der Waals surface area contributed by atoms with Gasteiger partial charge in [0.1, 0.15) is 5.75 Å². The van der Waals surface area contributed by atoms with Gasteiger partial charge in [-0.25, -0.2) is 4.98 Å². The molecule has 0 fully saturated rings. The summed E-state index contributed by atoms with van der Waals surface area (Å²) in [6.45, 7) is 0. The Balaban J connectivity index is 3.20. The van der Waals surface area contributed by atoms with Crippen LogP contribution in [0.4, 0.5) is 3.89 Å². The van der Waals surface area contributed by atoms with Crippen LogP contribution in [0.1, 0.15) is 0 Å². The molecule has 1 rings (SSSR count). The van der Waals surface area contributed by atoms with Crippen molar-refractivity contribution in [2.75, 3.05) is 0 Å². The molecule has 0 unspecified atom stereocenters.